The maximum absolute atomic E-state index is 10.8. The van der Waals surface area contributed by atoms with E-state index < -0.39 is 4.92 Å². The molecule has 4 aromatic rings. The lowest BCUT2D eigenvalue weighted by Crippen LogP contribution is -1.96. The number of non-ortho nitro benzene ring substituents is 1. The Bertz CT molecular complexity index is 1170. The van der Waals surface area contributed by atoms with Crippen molar-refractivity contribution in [2.45, 2.75) is 13.5 Å². The molecule has 0 atom stereocenters. The Morgan fingerprint density at radius 1 is 0.935 bits per heavy atom. The van der Waals surface area contributed by atoms with E-state index in [0.717, 1.165) is 22.6 Å². The van der Waals surface area contributed by atoms with Crippen LogP contribution in [0.25, 0.3) is 22.8 Å². The predicted octanol–water partition coefficient (Wildman–Crippen LogP) is 5.29. The van der Waals surface area contributed by atoms with Gasteiger partial charge in [-0.25, -0.2) is 0 Å². The first-order valence-corrected chi connectivity index (χ1v) is 9.66. The summed E-state index contributed by atoms with van der Waals surface area (Å²) in [6.45, 7) is 2.94. The van der Waals surface area contributed by atoms with Gasteiger partial charge < -0.3 is 14.0 Å². The highest BCUT2D eigenvalue weighted by atomic mass is 16.6. The Morgan fingerprint density at radius 2 is 1.65 bits per heavy atom. The lowest BCUT2D eigenvalue weighted by molar-refractivity contribution is -0.384. The summed E-state index contributed by atoms with van der Waals surface area (Å²) in [7, 11) is 0. The van der Waals surface area contributed by atoms with Gasteiger partial charge in [0, 0.05) is 23.3 Å². The summed E-state index contributed by atoms with van der Waals surface area (Å²) in [5.74, 6) is 2.27. The van der Waals surface area contributed by atoms with Gasteiger partial charge in [-0.2, -0.15) is 4.98 Å². The van der Waals surface area contributed by atoms with E-state index in [4.69, 9.17) is 14.0 Å². The first-order chi connectivity index (χ1) is 15.1. The van der Waals surface area contributed by atoms with E-state index in [1.165, 1.54) is 12.1 Å². The van der Waals surface area contributed by atoms with E-state index in [9.17, 15) is 10.1 Å². The molecule has 31 heavy (non-hydrogen) atoms. The first-order valence-electron chi connectivity index (χ1n) is 9.66. The van der Waals surface area contributed by atoms with Crippen LogP contribution in [0.3, 0.4) is 0 Å². The highest BCUT2D eigenvalue weighted by Gasteiger charge is 2.13. The summed E-state index contributed by atoms with van der Waals surface area (Å²) in [4.78, 5) is 14.8. The highest BCUT2D eigenvalue weighted by molar-refractivity contribution is 5.61. The van der Waals surface area contributed by atoms with Gasteiger partial charge in [-0.3, -0.25) is 10.1 Å². The molecule has 0 bridgehead atoms. The molecule has 8 nitrogen and oxygen atoms in total. The second kappa shape index (κ2) is 9.08. The van der Waals surface area contributed by atoms with Crippen molar-refractivity contribution in [1.29, 1.82) is 0 Å². The van der Waals surface area contributed by atoms with E-state index >= 15 is 0 Å². The molecule has 0 spiro atoms. The smallest absolute Gasteiger partial charge is 0.269 e. The van der Waals surface area contributed by atoms with E-state index in [2.05, 4.69) is 10.1 Å². The SMILES string of the molecule is CCOc1ccc(OCc2cccc(-c3nc(-c4ccc([N+](=O)[O-])cc4)no3)c2)cc1. The van der Waals surface area contributed by atoms with Crippen molar-refractivity contribution in [2.75, 3.05) is 6.61 Å². The molecule has 0 aliphatic rings. The van der Waals surface area contributed by atoms with Crippen LogP contribution in [-0.4, -0.2) is 21.7 Å². The van der Waals surface area contributed by atoms with E-state index in [0.29, 0.717) is 30.5 Å². The minimum atomic E-state index is -0.452. The van der Waals surface area contributed by atoms with Gasteiger partial charge in [0.1, 0.15) is 18.1 Å². The third-order valence-corrected chi connectivity index (χ3v) is 4.48. The molecule has 0 N–H and O–H groups in total. The van der Waals surface area contributed by atoms with Gasteiger partial charge in [0.05, 0.1) is 11.5 Å². The van der Waals surface area contributed by atoms with Gasteiger partial charge >= 0.3 is 0 Å². The fraction of sp³-hybridized carbons (Fsp3) is 0.130. The molecule has 1 aromatic heterocycles. The number of nitro benzene ring substituents is 1. The molecule has 0 saturated heterocycles. The van der Waals surface area contributed by atoms with E-state index in [1.807, 2.05) is 55.5 Å². The minimum Gasteiger partial charge on any atom is -0.494 e. The molecule has 0 unspecified atom stereocenters. The molecule has 0 fully saturated rings. The second-order valence-electron chi connectivity index (χ2n) is 6.62. The van der Waals surface area contributed by atoms with Crippen LogP contribution in [0.1, 0.15) is 12.5 Å². The maximum Gasteiger partial charge on any atom is 0.269 e. The van der Waals surface area contributed by atoms with Crippen molar-refractivity contribution >= 4 is 5.69 Å². The van der Waals surface area contributed by atoms with Crippen LogP contribution in [0, 0.1) is 10.1 Å². The summed E-state index contributed by atoms with van der Waals surface area (Å²) in [6, 6.07) is 21.1. The normalized spacial score (nSPS) is 10.6. The van der Waals surface area contributed by atoms with Crippen LogP contribution >= 0.6 is 0 Å². The fourth-order valence-electron chi connectivity index (χ4n) is 2.95. The number of rotatable bonds is 8. The Balaban J connectivity index is 1.45. The summed E-state index contributed by atoms with van der Waals surface area (Å²) in [5.41, 5.74) is 2.35. The molecule has 156 valence electrons. The van der Waals surface area contributed by atoms with Gasteiger partial charge in [-0.1, -0.05) is 17.3 Å². The van der Waals surface area contributed by atoms with Crippen molar-refractivity contribution in [3.05, 3.63) is 88.5 Å². The lowest BCUT2D eigenvalue weighted by atomic mass is 10.1. The standard InChI is InChI=1S/C23H19N3O5/c1-2-29-20-10-12-21(13-11-20)30-15-16-4-3-5-18(14-16)23-24-22(25-31-23)17-6-8-19(9-7-17)26(27)28/h3-14H,2,15H2,1H3. The zero-order valence-electron chi connectivity index (χ0n) is 16.7. The number of nitrogens with zero attached hydrogens (tertiary/aromatic N) is 3. The topological polar surface area (TPSA) is 101 Å². The average Bonchev–Trinajstić information content (AvgIpc) is 3.30. The number of hydrogen-bond acceptors (Lipinski definition) is 7. The molecular formula is C23H19N3O5. The van der Waals surface area contributed by atoms with Gasteiger partial charge in [0.15, 0.2) is 0 Å². The summed E-state index contributed by atoms with van der Waals surface area (Å²) in [6.07, 6.45) is 0. The Labute approximate surface area is 178 Å². The molecule has 0 aliphatic carbocycles. The molecule has 0 radical (unpaired) electrons. The van der Waals surface area contributed by atoms with Crippen molar-refractivity contribution in [3.8, 4) is 34.3 Å². The van der Waals surface area contributed by atoms with Crippen LogP contribution in [-0.2, 0) is 6.61 Å². The molecular weight excluding hydrogens is 398 g/mol. The van der Waals surface area contributed by atoms with Gasteiger partial charge in [0.2, 0.25) is 5.82 Å². The summed E-state index contributed by atoms with van der Waals surface area (Å²) in [5, 5.41) is 14.8. The third-order valence-electron chi connectivity index (χ3n) is 4.48. The number of aromatic nitrogens is 2. The summed E-state index contributed by atoms with van der Waals surface area (Å²) >= 11 is 0. The zero-order chi connectivity index (χ0) is 21.6. The van der Waals surface area contributed by atoms with Gasteiger partial charge in [-0.05, 0) is 61.0 Å². The molecule has 0 saturated carbocycles. The van der Waals surface area contributed by atoms with E-state index in [1.54, 1.807) is 12.1 Å². The van der Waals surface area contributed by atoms with Crippen LogP contribution in [0.2, 0.25) is 0 Å². The highest BCUT2D eigenvalue weighted by Crippen LogP contribution is 2.25. The van der Waals surface area contributed by atoms with Crippen molar-refractivity contribution in [1.82, 2.24) is 10.1 Å². The Kier molecular flexibility index (Phi) is 5.89. The van der Waals surface area contributed by atoms with Crippen LogP contribution < -0.4 is 9.47 Å². The lowest BCUT2D eigenvalue weighted by Gasteiger charge is -2.08. The van der Waals surface area contributed by atoms with Gasteiger partial charge in [-0.15, -0.1) is 0 Å². The third kappa shape index (κ3) is 4.87. The summed E-state index contributed by atoms with van der Waals surface area (Å²) < 4.78 is 16.7. The minimum absolute atomic E-state index is 0.00713. The van der Waals surface area contributed by atoms with Crippen molar-refractivity contribution < 1.29 is 18.9 Å². The number of ether oxygens (including phenoxy) is 2. The second-order valence-corrected chi connectivity index (χ2v) is 6.62. The molecule has 8 heteroatoms. The van der Waals surface area contributed by atoms with Crippen molar-refractivity contribution in [3.63, 3.8) is 0 Å². The molecule has 0 aliphatic heterocycles. The van der Waals surface area contributed by atoms with E-state index in [-0.39, 0.29) is 5.69 Å². The molecule has 0 amide bonds. The number of benzene rings is 3. The largest absolute Gasteiger partial charge is 0.494 e. The number of nitro groups is 1. The van der Waals surface area contributed by atoms with Crippen LogP contribution in [0.4, 0.5) is 5.69 Å². The molecule has 4 rings (SSSR count). The van der Waals surface area contributed by atoms with Crippen LogP contribution in [0.15, 0.2) is 77.3 Å². The van der Waals surface area contributed by atoms with Gasteiger partial charge in [0.25, 0.3) is 11.6 Å². The predicted molar refractivity (Wildman–Crippen MR) is 114 cm³/mol. The quantitative estimate of drug-likeness (QED) is 0.284. The molecule has 3 aromatic carbocycles. The first kappa shape index (κ1) is 20.1. The van der Waals surface area contributed by atoms with Crippen molar-refractivity contribution in [2.24, 2.45) is 0 Å². The monoisotopic (exact) mass is 417 g/mol. The zero-order valence-corrected chi connectivity index (χ0v) is 16.7. The molecule has 1 heterocycles. The fourth-order valence-corrected chi connectivity index (χ4v) is 2.95. The maximum atomic E-state index is 10.8. The Morgan fingerprint density at radius 3 is 2.32 bits per heavy atom. The number of hydrogen-bond donors (Lipinski definition) is 0. The Hall–Kier alpha value is -4.20. The van der Waals surface area contributed by atoms with Crippen LogP contribution in [0.5, 0.6) is 11.5 Å². The average molecular weight is 417 g/mol.